The molecule has 0 heterocycles. The summed E-state index contributed by atoms with van der Waals surface area (Å²) in [5.74, 6) is 2.05. The molecule has 0 spiro atoms. The van der Waals surface area contributed by atoms with E-state index in [9.17, 15) is 0 Å². The molecule has 0 aliphatic heterocycles. The zero-order chi connectivity index (χ0) is 10.4. The summed E-state index contributed by atoms with van der Waals surface area (Å²) in [6.45, 7) is 0. The van der Waals surface area contributed by atoms with Crippen molar-refractivity contribution in [2.75, 3.05) is 0 Å². The van der Waals surface area contributed by atoms with Crippen molar-refractivity contribution in [2.24, 2.45) is 34.0 Å². The van der Waals surface area contributed by atoms with E-state index in [4.69, 9.17) is 10.4 Å². The molecule has 4 rings (SSSR count). The quantitative estimate of drug-likeness (QED) is 0.473. The van der Waals surface area contributed by atoms with Crippen molar-refractivity contribution in [1.82, 2.24) is 0 Å². The molecular formula is C11H16N2O2. The summed E-state index contributed by atoms with van der Waals surface area (Å²) in [6.07, 6.45) is 5.29. The Morgan fingerprint density at radius 2 is 1.80 bits per heavy atom. The summed E-state index contributed by atoms with van der Waals surface area (Å²) in [4.78, 5) is 0. The fraction of sp³-hybridized carbons (Fsp3) is 0.818. The van der Waals surface area contributed by atoms with Gasteiger partial charge in [-0.3, -0.25) is 0 Å². The minimum Gasteiger partial charge on any atom is -0.411 e. The van der Waals surface area contributed by atoms with E-state index < -0.39 is 0 Å². The van der Waals surface area contributed by atoms with Crippen LogP contribution in [0.25, 0.3) is 0 Å². The van der Waals surface area contributed by atoms with Gasteiger partial charge in [-0.1, -0.05) is 10.3 Å². The summed E-state index contributed by atoms with van der Waals surface area (Å²) in [7, 11) is 0. The number of fused-ring (bicyclic) bond motifs is 2. The molecule has 4 unspecified atom stereocenters. The molecule has 4 heteroatoms. The van der Waals surface area contributed by atoms with Crippen molar-refractivity contribution in [1.29, 1.82) is 0 Å². The van der Waals surface area contributed by atoms with Crippen LogP contribution in [0.3, 0.4) is 0 Å². The maximum atomic E-state index is 8.96. The second kappa shape index (κ2) is 3.22. The third-order valence-electron chi connectivity index (χ3n) is 4.61. The van der Waals surface area contributed by atoms with Crippen LogP contribution >= 0.6 is 0 Å². The molecule has 4 aliphatic carbocycles. The third-order valence-corrected chi connectivity index (χ3v) is 4.61. The zero-order valence-corrected chi connectivity index (χ0v) is 8.63. The minimum absolute atomic E-state index is 0.448. The highest BCUT2D eigenvalue weighted by Gasteiger charge is 2.51. The third kappa shape index (κ3) is 1.13. The zero-order valence-electron chi connectivity index (χ0n) is 8.63. The lowest BCUT2D eigenvalue weighted by Crippen LogP contribution is -2.45. The van der Waals surface area contributed by atoms with Gasteiger partial charge in [-0.2, -0.15) is 0 Å². The molecule has 2 N–H and O–H groups in total. The predicted octanol–water partition coefficient (Wildman–Crippen LogP) is 2.10. The SMILES string of the molecule is O/N=C1/CCC2C3CCC(C/C3=N\O)C12. The molecule has 0 saturated heterocycles. The average molecular weight is 208 g/mol. The Kier molecular flexibility index (Phi) is 1.97. The highest BCUT2D eigenvalue weighted by atomic mass is 16.4. The van der Waals surface area contributed by atoms with Crippen molar-refractivity contribution in [3.8, 4) is 0 Å². The van der Waals surface area contributed by atoms with Gasteiger partial charge < -0.3 is 10.4 Å². The first-order valence-electron chi connectivity index (χ1n) is 5.76. The summed E-state index contributed by atoms with van der Waals surface area (Å²) < 4.78 is 0. The van der Waals surface area contributed by atoms with Crippen LogP contribution in [0.15, 0.2) is 10.3 Å². The summed E-state index contributed by atoms with van der Waals surface area (Å²) in [6, 6.07) is 0. The normalized spacial score (nSPS) is 48.8. The Balaban J connectivity index is 1.96. The Morgan fingerprint density at radius 1 is 1.00 bits per heavy atom. The van der Waals surface area contributed by atoms with Gasteiger partial charge in [-0.25, -0.2) is 0 Å². The fourth-order valence-corrected chi connectivity index (χ4v) is 4.06. The first-order chi connectivity index (χ1) is 7.35. The van der Waals surface area contributed by atoms with Crippen molar-refractivity contribution in [2.45, 2.75) is 32.1 Å². The van der Waals surface area contributed by atoms with Crippen LogP contribution in [0, 0.1) is 23.7 Å². The number of oxime groups is 2. The van der Waals surface area contributed by atoms with Crippen LogP contribution in [0.5, 0.6) is 0 Å². The van der Waals surface area contributed by atoms with Crippen molar-refractivity contribution in [3.63, 3.8) is 0 Å². The molecule has 2 bridgehead atoms. The van der Waals surface area contributed by atoms with Crippen LogP contribution in [-0.4, -0.2) is 21.8 Å². The Bertz CT molecular complexity index is 331. The van der Waals surface area contributed by atoms with E-state index in [-0.39, 0.29) is 0 Å². The van der Waals surface area contributed by atoms with Gasteiger partial charge in [0.05, 0.1) is 11.4 Å². The van der Waals surface area contributed by atoms with Crippen LogP contribution < -0.4 is 0 Å². The van der Waals surface area contributed by atoms with Gasteiger partial charge in [0.25, 0.3) is 0 Å². The number of rotatable bonds is 0. The monoisotopic (exact) mass is 208 g/mol. The van der Waals surface area contributed by atoms with Gasteiger partial charge in [-0.15, -0.1) is 0 Å². The number of hydrogen-bond donors (Lipinski definition) is 2. The largest absolute Gasteiger partial charge is 0.411 e. The molecule has 15 heavy (non-hydrogen) atoms. The topological polar surface area (TPSA) is 65.2 Å². The number of hydrogen-bond acceptors (Lipinski definition) is 4. The molecule has 4 saturated carbocycles. The molecule has 0 aromatic rings. The van der Waals surface area contributed by atoms with Gasteiger partial charge in [0.15, 0.2) is 0 Å². The molecule has 0 aromatic carbocycles. The molecule has 4 nitrogen and oxygen atoms in total. The first-order valence-corrected chi connectivity index (χ1v) is 5.76. The lowest BCUT2D eigenvalue weighted by Gasteiger charge is -2.45. The van der Waals surface area contributed by atoms with E-state index >= 15 is 0 Å². The summed E-state index contributed by atoms with van der Waals surface area (Å²) in [5.41, 5.74) is 1.98. The van der Waals surface area contributed by atoms with Crippen LogP contribution in [0.2, 0.25) is 0 Å². The van der Waals surface area contributed by atoms with Gasteiger partial charge in [0.1, 0.15) is 0 Å². The van der Waals surface area contributed by atoms with Gasteiger partial charge >= 0.3 is 0 Å². The molecule has 4 fully saturated rings. The number of nitrogens with zero attached hydrogens (tertiary/aromatic N) is 2. The van der Waals surface area contributed by atoms with E-state index in [0.29, 0.717) is 23.7 Å². The van der Waals surface area contributed by atoms with E-state index in [0.717, 1.165) is 37.1 Å². The van der Waals surface area contributed by atoms with E-state index in [2.05, 4.69) is 10.3 Å². The first kappa shape index (κ1) is 9.19. The van der Waals surface area contributed by atoms with Crippen molar-refractivity contribution in [3.05, 3.63) is 0 Å². The van der Waals surface area contributed by atoms with Crippen LogP contribution in [0.4, 0.5) is 0 Å². The highest BCUT2D eigenvalue weighted by molar-refractivity contribution is 5.95. The second-order valence-corrected chi connectivity index (χ2v) is 5.06. The van der Waals surface area contributed by atoms with E-state index in [1.165, 1.54) is 6.42 Å². The molecule has 4 atom stereocenters. The molecule has 0 radical (unpaired) electrons. The Labute approximate surface area is 88.7 Å². The Morgan fingerprint density at radius 3 is 2.53 bits per heavy atom. The van der Waals surface area contributed by atoms with Crippen molar-refractivity contribution < 1.29 is 10.4 Å². The maximum Gasteiger partial charge on any atom is 0.0607 e. The van der Waals surface area contributed by atoms with Crippen LogP contribution in [-0.2, 0) is 0 Å². The fourth-order valence-electron chi connectivity index (χ4n) is 4.06. The summed E-state index contributed by atoms with van der Waals surface area (Å²) >= 11 is 0. The van der Waals surface area contributed by atoms with Gasteiger partial charge in [-0.05, 0) is 43.9 Å². The lowest BCUT2D eigenvalue weighted by atomic mass is 9.59. The molecule has 0 amide bonds. The molecule has 82 valence electrons. The predicted molar refractivity (Wildman–Crippen MR) is 55.5 cm³/mol. The van der Waals surface area contributed by atoms with Crippen LogP contribution in [0.1, 0.15) is 32.1 Å². The second-order valence-electron chi connectivity index (χ2n) is 5.06. The van der Waals surface area contributed by atoms with Gasteiger partial charge in [0.2, 0.25) is 0 Å². The van der Waals surface area contributed by atoms with Crippen molar-refractivity contribution >= 4 is 11.4 Å². The van der Waals surface area contributed by atoms with E-state index in [1.54, 1.807) is 0 Å². The molecule has 0 aromatic heterocycles. The minimum atomic E-state index is 0.448. The maximum absolute atomic E-state index is 8.96. The van der Waals surface area contributed by atoms with Gasteiger partial charge in [0, 0.05) is 11.8 Å². The Hall–Kier alpha value is -1.06. The summed E-state index contributed by atoms with van der Waals surface area (Å²) in [5, 5.41) is 24.8. The average Bonchev–Trinajstić information content (AvgIpc) is 2.74. The lowest BCUT2D eigenvalue weighted by molar-refractivity contribution is 0.149. The van der Waals surface area contributed by atoms with E-state index in [1.807, 2.05) is 0 Å². The molecular weight excluding hydrogens is 192 g/mol. The highest BCUT2D eigenvalue weighted by Crippen LogP contribution is 2.53. The standard InChI is InChI=1S/C11H16N2O2/c14-12-9-4-3-8-7-2-1-6(11(8)9)5-10(7)13-15/h6-8,11,14-15H,1-5H2/b12-9-,13-10+. The molecule has 4 aliphatic rings. The smallest absolute Gasteiger partial charge is 0.0607 e.